The predicted molar refractivity (Wildman–Crippen MR) is 114 cm³/mol. The number of likely N-dealkylation sites (tertiary alicyclic amines) is 1. The maximum absolute atomic E-state index is 13.1. The molecule has 1 fully saturated rings. The van der Waals surface area contributed by atoms with Gasteiger partial charge >= 0.3 is 5.97 Å². The van der Waals surface area contributed by atoms with Crippen LogP contribution in [0, 0.1) is 19.7 Å². The lowest BCUT2D eigenvalue weighted by Gasteiger charge is -2.19. The highest BCUT2D eigenvalue weighted by atomic mass is 19.1. The Morgan fingerprint density at radius 3 is 2.58 bits per heavy atom. The standard InChI is InChI=1S/C24H29FN2O4/c1-17-14-21(18(2)27(17)13-11-19-7-9-20(25)10-8-19)22(28)16-31-24(30)15-26-12-5-3-4-6-23(26)29/h7-10,14H,3-6,11-13,15-16H2,1-2H3. The van der Waals surface area contributed by atoms with Crippen LogP contribution in [0.2, 0.25) is 0 Å². The summed E-state index contributed by atoms with van der Waals surface area (Å²) < 4.78 is 20.3. The van der Waals surface area contributed by atoms with E-state index in [-0.39, 0.29) is 30.7 Å². The molecule has 0 atom stereocenters. The average Bonchev–Trinajstić information content (AvgIpc) is 2.89. The Hall–Kier alpha value is -2.96. The van der Waals surface area contributed by atoms with Gasteiger partial charge in [-0.2, -0.15) is 0 Å². The second kappa shape index (κ2) is 10.4. The Kier molecular flexibility index (Phi) is 7.60. The van der Waals surface area contributed by atoms with Gasteiger partial charge in [-0.25, -0.2) is 4.39 Å². The second-order valence-electron chi connectivity index (χ2n) is 8.02. The molecule has 0 aliphatic carbocycles. The fourth-order valence-corrected chi connectivity index (χ4v) is 3.95. The van der Waals surface area contributed by atoms with Crippen LogP contribution in [0.4, 0.5) is 4.39 Å². The second-order valence-corrected chi connectivity index (χ2v) is 8.02. The Bertz CT molecular complexity index is 949. The van der Waals surface area contributed by atoms with Gasteiger partial charge < -0.3 is 14.2 Å². The summed E-state index contributed by atoms with van der Waals surface area (Å²) in [4.78, 5) is 38.3. The van der Waals surface area contributed by atoms with Crippen molar-refractivity contribution in [1.29, 1.82) is 0 Å². The van der Waals surface area contributed by atoms with Crippen LogP contribution in [0.15, 0.2) is 30.3 Å². The van der Waals surface area contributed by atoms with E-state index in [4.69, 9.17) is 4.74 Å². The summed E-state index contributed by atoms with van der Waals surface area (Å²) in [5.41, 5.74) is 3.28. The first-order valence-electron chi connectivity index (χ1n) is 10.7. The van der Waals surface area contributed by atoms with Crippen LogP contribution < -0.4 is 0 Å². The zero-order valence-corrected chi connectivity index (χ0v) is 18.2. The molecule has 1 aromatic carbocycles. The topological polar surface area (TPSA) is 68.6 Å². The van der Waals surface area contributed by atoms with Crippen molar-refractivity contribution in [1.82, 2.24) is 9.47 Å². The number of carbonyl (C=O) groups is 3. The number of Topliss-reactive ketones (excluding diaryl/α,β-unsaturated/α-hetero) is 1. The Morgan fingerprint density at radius 2 is 1.84 bits per heavy atom. The number of aryl methyl sites for hydroxylation is 2. The van der Waals surface area contributed by atoms with E-state index < -0.39 is 5.97 Å². The third kappa shape index (κ3) is 6.03. The normalized spacial score (nSPS) is 14.4. The van der Waals surface area contributed by atoms with Crippen LogP contribution in [-0.4, -0.2) is 46.8 Å². The summed E-state index contributed by atoms with van der Waals surface area (Å²) in [6, 6.07) is 8.18. The molecule has 1 aliphatic rings. The number of ether oxygens (including phenoxy) is 1. The number of amides is 1. The average molecular weight is 429 g/mol. The van der Waals surface area contributed by atoms with E-state index in [2.05, 4.69) is 0 Å². The van der Waals surface area contributed by atoms with Crippen molar-refractivity contribution in [2.75, 3.05) is 19.7 Å². The van der Waals surface area contributed by atoms with E-state index in [0.29, 0.717) is 31.5 Å². The van der Waals surface area contributed by atoms with E-state index in [1.54, 1.807) is 18.2 Å². The molecule has 0 N–H and O–H groups in total. The van der Waals surface area contributed by atoms with Crippen LogP contribution in [-0.2, 0) is 27.3 Å². The lowest BCUT2D eigenvalue weighted by atomic mass is 10.1. The lowest BCUT2D eigenvalue weighted by molar-refractivity contribution is -0.148. The molecule has 0 saturated carbocycles. The van der Waals surface area contributed by atoms with E-state index in [1.165, 1.54) is 17.0 Å². The zero-order valence-electron chi connectivity index (χ0n) is 18.2. The molecule has 0 radical (unpaired) electrons. The van der Waals surface area contributed by atoms with Crippen molar-refractivity contribution in [3.8, 4) is 0 Å². The van der Waals surface area contributed by atoms with E-state index in [1.807, 2.05) is 18.4 Å². The fraction of sp³-hybridized carbons (Fsp3) is 0.458. The molecule has 1 saturated heterocycles. The minimum Gasteiger partial charge on any atom is -0.456 e. The van der Waals surface area contributed by atoms with Gasteiger partial charge in [-0.1, -0.05) is 18.6 Å². The Labute approximate surface area is 182 Å². The number of halogens is 1. The molecular weight excluding hydrogens is 399 g/mol. The van der Waals surface area contributed by atoms with Gasteiger partial charge in [0, 0.05) is 36.5 Å². The highest BCUT2D eigenvalue weighted by Gasteiger charge is 2.22. The molecule has 166 valence electrons. The highest BCUT2D eigenvalue weighted by Crippen LogP contribution is 2.17. The number of hydrogen-bond acceptors (Lipinski definition) is 4. The lowest BCUT2D eigenvalue weighted by Crippen LogP contribution is -2.36. The number of ketones is 1. The molecule has 1 amide bonds. The van der Waals surface area contributed by atoms with Gasteiger partial charge in [0.15, 0.2) is 6.61 Å². The van der Waals surface area contributed by atoms with Gasteiger partial charge in [0.1, 0.15) is 12.4 Å². The van der Waals surface area contributed by atoms with E-state index in [0.717, 1.165) is 36.2 Å². The Balaban J connectivity index is 1.55. The largest absolute Gasteiger partial charge is 0.456 e. The Morgan fingerprint density at radius 1 is 1.10 bits per heavy atom. The minimum atomic E-state index is -0.561. The molecule has 2 aromatic rings. The van der Waals surface area contributed by atoms with Crippen molar-refractivity contribution in [3.63, 3.8) is 0 Å². The molecule has 0 unspecified atom stereocenters. The van der Waals surface area contributed by atoms with Crippen molar-refractivity contribution in [2.24, 2.45) is 0 Å². The van der Waals surface area contributed by atoms with Gasteiger partial charge in [0.25, 0.3) is 0 Å². The predicted octanol–water partition coefficient (Wildman–Crippen LogP) is 3.62. The molecule has 3 rings (SSSR count). The van der Waals surface area contributed by atoms with Gasteiger partial charge in [-0.3, -0.25) is 14.4 Å². The smallest absolute Gasteiger partial charge is 0.326 e. The SMILES string of the molecule is Cc1cc(C(=O)COC(=O)CN2CCCCCC2=O)c(C)n1CCc1ccc(F)cc1. The van der Waals surface area contributed by atoms with Crippen LogP contribution in [0.5, 0.6) is 0 Å². The summed E-state index contributed by atoms with van der Waals surface area (Å²) in [6.07, 6.45) is 3.87. The van der Waals surface area contributed by atoms with Gasteiger partial charge in [0.2, 0.25) is 11.7 Å². The maximum Gasteiger partial charge on any atom is 0.326 e. The maximum atomic E-state index is 13.1. The number of rotatable bonds is 8. The number of aromatic nitrogens is 1. The van der Waals surface area contributed by atoms with Crippen molar-refractivity contribution in [2.45, 2.75) is 52.5 Å². The van der Waals surface area contributed by atoms with Crippen molar-refractivity contribution < 1.29 is 23.5 Å². The van der Waals surface area contributed by atoms with Crippen LogP contribution in [0.1, 0.15) is 53.0 Å². The van der Waals surface area contributed by atoms with Crippen LogP contribution in [0.3, 0.4) is 0 Å². The van der Waals surface area contributed by atoms with Crippen LogP contribution in [0.25, 0.3) is 0 Å². The third-order valence-electron chi connectivity index (χ3n) is 5.77. The zero-order chi connectivity index (χ0) is 22.4. The molecule has 0 spiro atoms. The summed E-state index contributed by atoms with van der Waals surface area (Å²) in [6.45, 7) is 4.55. The first kappa shape index (κ1) is 22.7. The molecule has 0 bridgehead atoms. The minimum absolute atomic E-state index is 0.0366. The molecule has 1 aromatic heterocycles. The van der Waals surface area contributed by atoms with Crippen molar-refractivity contribution in [3.05, 3.63) is 58.7 Å². The molecular formula is C24H29FN2O4. The number of benzene rings is 1. The number of esters is 1. The monoisotopic (exact) mass is 428 g/mol. The number of nitrogens with zero attached hydrogens (tertiary/aromatic N) is 2. The van der Waals surface area contributed by atoms with E-state index >= 15 is 0 Å². The van der Waals surface area contributed by atoms with E-state index in [9.17, 15) is 18.8 Å². The first-order valence-corrected chi connectivity index (χ1v) is 10.7. The molecule has 2 heterocycles. The van der Waals surface area contributed by atoms with Gasteiger partial charge in [-0.05, 0) is 56.9 Å². The summed E-state index contributed by atoms with van der Waals surface area (Å²) in [5, 5.41) is 0. The third-order valence-corrected chi connectivity index (χ3v) is 5.77. The van der Waals surface area contributed by atoms with Crippen LogP contribution >= 0.6 is 0 Å². The first-order chi connectivity index (χ1) is 14.8. The summed E-state index contributed by atoms with van der Waals surface area (Å²) in [7, 11) is 0. The molecule has 1 aliphatic heterocycles. The van der Waals surface area contributed by atoms with Gasteiger partial charge in [-0.15, -0.1) is 0 Å². The molecule has 31 heavy (non-hydrogen) atoms. The summed E-state index contributed by atoms with van der Waals surface area (Å²) >= 11 is 0. The molecule has 7 heteroatoms. The quantitative estimate of drug-likeness (QED) is 0.476. The highest BCUT2D eigenvalue weighted by molar-refractivity contribution is 5.99. The van der Waals surface area contributed by atoms with Gasteiger partial charge in [0.05, 0.1) is 0 Å². The molecule has 6 nitrogen and oxygen atoms in total. The van der Waals surface area contributed by atoms with Crippen molar-refractivity contribution >= 4 is 17.7 Å². The number of carbonyl (C=O) groups excluding carboxylic acids is 3. The fourth-order valence-electron chi connectivity index (χ4n) is 3.95. The summed E-state index contributed by atoms with van der Waals surface area (Å²) in [5.74, 6) is -1.13. The number of hydrogen-bond donors (Lipinski definition) is 0.